The molecule has 2 rings (SSSR count). The fourth-order valence-electron chi connectivity index (χ4n) is 2.44. The first kappa shape index (κ1) is 15.3. The van der Waals surface area contributed by atoms with Crippen LogP contribution in [0.5, 0.6) is 0 Å². The van der Waals surface area contributed by atoms with E-state index in [4.69, 9.17) is 0 Å². The minimum absolute atomic E-state index is 0.0621. The third kappa shape index (κ3) is 2.67. The van der Waals surface area contributed by atoms with E-state index in [1.54, 1.807) is 0 Å². The third-order valence-electron chi connectivity index (χ3n) is 3.46. The molecule has 1 atom stereocenters. The van der Waals surface area contributed by atoms with E-state index in [9.17, 15) is 0 Å². The van der Waals surface area contributed by atoms with Gasteiger partial charge in [-0.2, -0.15) is 10.2 Å². The highest BCUT2D eigenvalue weighted by Gasteiger charge is 2.24. The summed E-state index contributed by atoms with van der Waals surface area (Å²) in [4.78, 5) is 0. The van der Waals surface area contributed by atoms with Crippen LogP contribution in [0.3, 0.4) is 0 Å². The molecule has 0 fully saturated rings. The summed E-state index contributed by atoms with van der Waals surface area (Å²) >= 11 is 3.62. The van der Waals surface area contributed by atoms with Crippen molar-refractivity contribution >= 4 is 15.9 Å². The normalized spacial score (nSPS) is 13.2. The van der Waals surface area contributed by atoms with E-state index in [0.29, 0.717) is 6.04 Å². The van der Waals surface area contributed by atoms with Crippen LogP contribution in [-0.2, 0) is 13.5 Å². The first-order valence-electron chi connectivity index (χ1n) is 6.92. The predicted molar refractivity (Wildman–Crippen MR) is 83.8 cm³/mol. The molecule has 5 nitrogen and oxygen atoms in total. The third-order valence-corrected chi connectivity index (χ3v) is 4.07. The summed E-state index contributed by atoms with van der Waals surface area (Å²) in [7, 11) is 3.95. The van der Waals surface area contributed by atoms with Gasteiger partial charge in [-0.15, -0.1) is 0 Å². The van der Waals surface area contributed by atoms with Crippen LogP contribution in [0.2, 0.25) is 0 Å². The Balaban J connectivity index is 2.52. The summed E-state index contributed by atoms with van der Waals surface area (Å²) in [6.07, 6.45) is 2.80. The topological polar surface area (TPSA) is 47.7 Å². The fraction of sp³-hybridized carbons (Fsp3) is 0.571. The number of aromatic nitrogens is 4. The SMILES string of the molecule is CCc1cc(C(NC)c2c(Br)cnn2C(C)C)n(C)n1. The van der Waals surface area contributed by atoms with Crippen LogP contribution in [-0.4, -0.2) is 26.6 Å². The van der Waals surface area contributed by atoms with Crippen molar-refractivity contribution in [1.29, 1.82) is 0 Å². The average Bonchev–Trinajstić information content (AvgIpc) is 2.96. The molecule has 6 heteroatoms. The molecule has 0 saturated heterocycles. The monoisotopic (exact) mass is 339 g/mol. The fourth-order valence-corrected chi connectivity index (χ4v) is 2.95. The van der Waals surface area contributed by atoms with Gasteiger partial charge in [-0.1, -0.05) is 6.92 Å². The predicted octanol–water partition coefficient (Wildman–Crippen LogP) is 2.83. The lowest BCUT2D eigenvalue weighted by Gasteiger charge is -2.20. The Bertz CT molecular complexity index is 584. The lowest BCUT2D eigenvalue weighted by atomic mass is 10.1. The van der Waals surface area contributed by atoms with Crippen molar-refractivity contribution in [3.05, 3.63) is 33.8 Å². The van der Waals surface area contributed by atoms with Gasteiger partial charge in [-0.05, 0) is 49.3 Å². The largest absolute Gasteiger partial charge is 0.307 e. The van der Waals surface area contributed by atoms with Crippen molar-refractivity contribution in [3.8, 4) is 0 Å². The minimum Gasteiger partial charge on any atom is -0.307 e. The molecule has 0 aliphatic heterocycles. The summed E-state index contributed by atoms with van der Waals surface area (Å²) in [5.41, 5.74) is 3.38. The van der Waals surface area contributed by atoms with E-state index in [1.165, 1.54) is 0 Å². The first-order chi connectivity index (χ1) is 9.49. The van der Waals surface area contributed by atoms with E-state index < -0.39 is 0 Å². The van der Waals surface area contributed by atoms with E-state index in [1.807, 2.05) is 29.7 Å². The van der Waals surface area contributed by atoms with E-state index in [2.05, 4.69) is 58.3 Å². The molecule has 2 aromatic heterocycles. The highest BCUT2D eigenvalue weighted by atomic mass is 79.9. The van der Waals surface area contributed by atoms with Crippen LogP contribution in [0.1, 0.15) is 49.9 Å². The second-order valence-corrected chi connectivity index (χ2v) is 6.03. The van der Waals surface area contributed by atoms with Gasteiger partial charge in [0.05, 0.1) is 33.8 Å². The Morgan fingerprint density at radius 3 is 2.60 bits per heavy atom. The molecular weight excluding hydrogens is 318 g/mol. The number of hydrogen-bond acceptors (Lipinski definition) is 3. The molecule has 110 valence electrons. The van der Waals surface area contributed by atoms with Crippen LogP contribution in [0.25, 0.3) is 0 Å². The van der Waals surface area contributed by atoms with Gasteiger partial charge in [0.25, 0.3) is 0 Å². The summed E-state index contributed by atoms with van der Waals surface area (Å²) < 4.78 is 5.01. The van der Waals surface area contributed by atoms with Crippen LogP contribution in [0.15, 0.2) is 16.7 Å². The maximum atomic E-state index is 4.54. The van der Waals surface area contributed by atoms with Gasteiger partial charge >= 0.3 is 0 Å². The standard InChI is InChI=1S/C14H22BrN5/c1-6-10-7-12(19(5)18-10)13(16-4)14-11(15)8-17-20(14)9(2)3/h7-9,13,16H,6H2,1-5H3. The molecule has 20 heavy (non-hydrogen) atoms. The van der Waals surface area contributed by atoms with Gasteiger partial charge in [-0.3, -0.25) is 9.36 Å². The molecule has 1 N–H and O–H groups in total. The summed E-state index contributed by atoms with van der Waals surface area (Å²) in [5.74, 6) is 0. The van der Waals surface area contributed by atoms with Crippen molar-refractivity contribution in [1.82, 2.24) is 24.9 Å². The Hall–Kier alpha value is -1.14. The van der Waals surface area contributed by atoms with Crippen LogP contribution in [0.4, 0.5) is 0 Å². The summed E-state index contributed by atoms with van der Waals surface area (Å²) in [6, 6.07) is 2.53. The Labute approximate surface area is 128 Å². The number of nitrogens with zero attached hydrogens (tertiary/aromatic N) is 4. The van der Waals surface area contributed by atoms with E-state index in [0.717, 1.165) is 28.0 Å². The van der Waals surface area contributed by atoms with Crippen LogP contribution in [0, 0.1) is 0 Å². The van der Waals surface area contributed by atoms with Crippen molar-refractivity contribution < 1.29 is 0 Å². The molecule has 0 aliphatic rings. The molecule has 0 aromatic carbocycles. The molecule has 2 heterocycles. The van der Waals surface area contributed by atoms with Crippen molar-refractivity contribution in [2.45, 2.75) is 39.3 Å². The first-order valence-corrected chi connectivity index (χ1v) is 7.71. The molecule has 0 radical (unpaired) electrons. The molecular formula is C14H22BrN5. The molecule has 0 amide bonds. The number of rotatable bonds is 5. The Kier molecular flexibility index (Phi) is 4.65. The van der Waals surface area contributed by atoms with Crippen molar-refractivity contribution in [2.75, 3.05) is 7.05 Å². The average molecular weight is 340 g/mol. The second kappa shape index (κ2) is 6.10. The zero-order valence-electron chi connectivity index (χ0n) is 12.7. The highest BCUT2D eigenvalue weighted by molar-refractivity contribution is 9.10. The minimum atomic E-state index is 0.0621. The van der Waals surface area contributed by atoms with Gasteiger partial charge in [0.1, 0.15) is 0 Å². The summed E-state index contributed by atoms with van der Waals surface area (Å²) in [6.45, 7) is 6.39. The van der Waals surface area contributed by atoms with E-state index in [-0.39, 0.29) is 6.04 Å². The lowest BCUT2D eigenvalue weighted by molar-refractivity contribution is 0.473. The summed E-state index contributed by atoms with van der Waals surface area (Å²) in [5, 5.41) is 12.4. The Morgan fingerprint density at radius 1 is 1.40 bits per heavy atom. The Morgan fingerprint density at radius 2 is 2.10 bits per heavy atom. The number of hydrogen-bond donors (Lipinski definition) is 1. The van der Waals surface area contributed by atoms with Gasteiger partial charge < -0.3 is 5.32 Å². The molecule has 2 aromatic rings. The molecule has 0 aliphatic carbocycles. The van der Waals surface area contributed by atoms with Gasteiger partial charge in [0.2, 0.25) is 0 Å². The van der Waals surface area contributed by atoms with Gasteiger partial charge in [-0.25, -0.2) is 0 Å². The van der Waals surface area contributed by atoms with Gasteiger partial charge in [0, 0.05) is 13.1 Å². The van der Waals surface area contributed by atoms with Crippen LogP contribution < -0.4 is 5.32 Å². The van der Waals surface area contributed by atoms with Crippen molar-refractivity contribution in [2.24, 2.45) is 7.05 Å². The highest BCUT2D eigenvalue weighted by Crippen LogP contribution is 2.30. The van der Waals surface area contributed by atoms with Gasteiger partial charge in [0.15, 0.2) is 0 Å². The second-order valence-electron chi connectivity index (χ2n) is 5.18. The number of halogens is 1. The van der Waals surface area contributed by atoms with E-state index >= 15 is 0 Å². The molecule has 0 bridgehead atoms. The van der Waals surface area contributed by atoms with Crippen LogP contribution >= 0.6 is 15.9 Å². The molecule has 1 unspecified atom stereocenters. The quantitative estimate of drug-likeness (QED) is 0.911. The number of nitrogens with one attached hydrogen (secondary N) is 1. The zero-order valence-corrected chi connectivity index (χ0v) is 14.3. The maximum absolute atomic E-state index is 4.54. The zero-order chi connectivity index (χ0) is 14.9. The number of aryl methyl sites for hydroxylation is 2. The maximum Gasteiger partial charge on any atom is 0.0928 e. The molecule has 0 saturated carbocycles. The lowest BCUT2D eigenvalue weighted by Crippen LogP contribution is -2.25. The van der Waals surface area contributed by atoms with Crippen molar-refractivity contribution in [3.63, 3.8) is 0 Å². The molecule has 0 spiro atoms. The smallest absolute Gasteiger partial charge is 0.0928 e.